The molecule has 1 aromatic heterocycles. The number of carbonyl (C=O) groups excluding carboxylic acids is 2. The average Bonchev–Trinajstić information content (AvgIpc) is 2.82. The first kappa shape index (κ1) is 24.5. The molecule has 3 aromatic rings. The normalized spacial score (nSPS) is 14.2. The number of carbonyl (C=O) groups is 2. The van der Waals surface area contributed by atoms with E-state index in [1.54, 1.807) is 12.1 Å². The van der Waals surface area contributed by atoms with Crippen molar-refractivity contribution >= 4 is 22.8 Å². The monoisotopic (exact) mass is 477 g/mol. The molecule has 184 valence electrons. The largest absolute Gasteiger partial charge is 0.482 e. The van der Waals surface area contributed by atoms with Crippen LogP contribution in [0.5, 0.6) is 11.5 Å². The number of hydrogen-bond donors (Lipinski definition) is 1. The molecular weight excluding hydrogens is 446 g/mol. The molecule has 0 unspecified atom stereocenters. The number of amides is 1. The van der Waals surface area contributed by atoms with Crippen molar-refractivity contribution in [1.82, 2.24) is 5.32 Å². The van der Waals surface area contributed by atoms with Gasteiger partial charge in [-0.2, -0.15) is 0 Å². The highest BCUT2D eigenvalue weighted by Gasteiger charge is 2.20. The minimum atomic E-state index is -0.724. The summed E-state index contributed by atoms with van der Waals surface area (Å²) < 4.78 is 16.3. The Morgan fingerprint density at radius 2 is 1.77 bits per heavy atom. The van der Waals surface area contributed by atoms with Gasteiger partial charge in [0.1, 0.15) is 22.6 Å². The molecule has 1 aliphatic rings. The number of fused-ring (bicyclic) bond motifs is 1. The Labute approximate surface area is 204 Å². The molecule has 1 amide bonds. The number of esters is 1. The van der Waals surface area contributed by atoms with Crippen LogP contribution < -0.4 is 20.4 Å². The first-order chi connectivity index (χ1) is 16.8. The quantitative estimate of drug-likeness (QED) is 0.283. The standard InChI is InChI=1S/C28H31NO6/c1-17(2)23-12-11-21(13-18(23)3)33-16-26(30)34-22-10-9-19-14-24(28(32)35-25(19)15-22)27(31)29-20-7-5-4-6-8-20/h9-15,17,20H,4-8,16H2,1-3H3,(H,29,31). The van der Waals surface area contributed by atoms with Gasteiger partial charge in [0.2, 0.25) is 0 Å². The van der Waals surface area contributed by atoms with Gasteiger partial charge in [0.25, 0.3) is 5.91 Å². The summed E-state index contributed by atoms with van der Waals surface area (Å²) in [7, 11) is 0. The molecule has 0 aliphatic heterocycles. The maximum Gasteiger partial charge on any atom is 0.349 e. The highest BCUT2D eigenvalue weighted by atomic mass is 16.6. The van der Waals surface area contributed by atoms with Crippen LogP contribution in [0.4, 0.5) is 0 Å². The number of ether oxygens (including phenoxy) is 2. The molecule has 0 radical (unpaired) electrons. The topological polar surface area (TPSA) is 94.8 Å². The van der Waals surface area contributed by atoms with E-state index in [-0.39, 0.29) is 29.5 Å². The molecule has 1 saturated carbocycles. The molecule has 1 N–H and O–H groups in total. The number of aryl methyl sites for hydroxylation is 1. The third-order valence-corrected chi connectivity index (χ3v) is 6.34. The lowest BCUT2D eigenvalue weighted by Crippen LogP contribution is -2.38. The lowest BCUT2D eigenvalue weighted by molar-refractivity contribution is -0.136. The summed E-state index contributed by atoms with van der Waals surface area (Å²) in [5.74, 6) is 0.217. The summed E-state index contributed by atoms with van der Waals surface area (Å²) in [6, 6.07) is 12.0. The number of nitrogens with one attached hydrogen (secondary N) is 1. The van der Waals surface area contributed by atoms with Gasteiger partial charge in [0.05, 0.1) is 0 Å². The SMILES string of the molecule is Cc1cc(OCC(=O)Oc2ccc3cc(C(=O)NC4CCCCC4)c(=O)oc3c2)ccc1C(C)C. The highest BCUT2D eigenvalue weighted by molar-refractivity contribution is 5.97. The fourth-order valence-corrected chi connectivity index (χ4v) is 4.51. The van der Waals surface area contributed by atoms with Gasteiger partial charge in [-0.05, 0) is 67.1 Å². The van der Waals surface area contributed by atoms with Gasteiger partial charge < -0.3 is 19.2 Å². The second kappa shape index (κ2) is 10.8. The zero-order valence-electron chi connectivity index (χ0n) is 20.4. The van der Waals surface area contributed by atoms with Crippen molar-refractivity contribution in [3.63, 3.8) is 0 Å². The van der Waals surface area contributed by atoms with E-state index in [9.17, 15) is 14.4 Å². The smallest absolute Gasteiger partial charge is 0.349 e. The van der Waals surface area contributed by atoms with Crippen LogP contribution in [0.25, 0.3) is 11.0 Å². The Hall–Kier alpha value is -3.61. The van der Waals surface area contributed by atoms with Crippen LogP contribution in [0, 0.1) is 6.92 Å². The van der Waals surface area contributed by atoms with E-state index in [1.807, 2.05) is 25.1 Å². The zero-order chi connectivity index (χ0) is 24.9. The Morgan fingerprint density at radius 3 is 2.49 bits per heavy atom. The molecule has 35 heavy (non-hydrogen) atoms. The lowest BCUT2D eigenvalue weighted by atomic mass is 9.95. The summed E-state index contributed by atoms with van der Waals surface area (Å²) in [5, 5.41) is 3.50. The molecule has 2 aromatic carbocycles. The van der Waals surface area contributed by atoms with Gasteiger partial charge in [-0.1, -0.05) is 39.2 Å². The van der Waals surface area contributed by atoms with Crippen LogP contribution in [0.2, 0.25) is 0 Å². The van der Waals surface area contributed by atoms with E-state index < -0.39 is 17.5 Å². The van der Waals surface area contributed by atoms with Gasteiger partial charge in [-0.3, -0.25) is 4.79 Å². The van der Waals surface area contributed by atoms with E-state index in [0.29, 0.717) is 17.1 Å². The van der Waals surface area contributed by atoms with E-state index in [4.69, 9.17) is 13.9 Å². The fourth-order valence-electron chi connectivity index (χ4n) is 4.51. The van der Waals surface area contributed by atoms with Crippen LogP contribution in [0.1, 0.15) is 73.4 Å². The predicted molar refractivity (Wildman–Crippen MR) is 133 cm³/mol. The molecule has 0 saturated heterocycles. The molecular formula is C28H31NO6. The molecule has 1 heterocycles. The molecule has 7 heteroatoms. The van der Waals surface area contributed by atoms with Gasteiger partial charge in [0, 0.05) is 17.5 Å². The van der Waals surface area contributed by atoms with Crippen LogP contribution >= 0.6 is 0 Å². The third-order valence-electron chi connectivity index (χ3n) is 6.34. The van der Waals surface area contributed by atoms with Crippen LogP contribution in [0.15, 0.2) is 51.7 Å². The Morgan fingerprint density at radius 1 is 1.03 bits per heavy atom. The van der Waals surface area contributed by atoms with Crippen molar-refractivity contribution < 1.29 is 23.5 Å². The van der Waals surface area contributed by atoms with Crippen molar-refractivity contribution in [3.8, 4) is 11.5 Å². The summed E-state index contributed by atoms with van der Waals surface area (Å²) in [6.07, 6.45) is 5.17. The van der Waals surface area contributed by atoms with Gasteiger partial charge in [0.15, 0.2) is 6.61 Å². The maximum absolute atomic E-state index is 12.6. The van der Waals surface area contributed by atoms with Crippen LogP contribution in [0.3, 0.4) is 0 Å². The molecule has 0 spiro atoms. The molecule has 1 fully saturated rings. The molecule has 0 atom stereocenters. The second-order valence-corrected chi connectivity index (χ2v) is 9.39. The summed E-state index contributed by atoms with van der Waals surface area (Å²) >= 11 is 0. The van der Waals surface area contributed by atoms with Crippen molar-refractivity contribution in [2.45, 2.75) is 64.8 Å². The van der Waals surface area contributed by atoms with Crippen molar-refractivity contribution in [2.75, 3.05) is 6.61 Å². The molecule has 7 nitrogen and oxygen atoms in total. The lowest BCUT2D eigenvalue weighted by Gasteiger charge is -2.22. The van der Waals surface area contributed by atoms with Gasteiger partial charge in [-0.25, -0.2) is 9.59 Å². The highest BCUT2D eigenvalue weighted by Crippen LogP contribution is 2.24. The first-order valence-electron chi connectivity index (χ1n) is 12.1. The van der Waals surface area contributed by atoms with Gasteiger partial charge >= 0.3 is 11.6 Å². The third kappa shape index (κ3) is 6.10. The minimum absolute atomic E-state index is 0.0278. The van der Waals surface area contributed by atoms with Crippen LogP contribution in [-0.2, 0) is 4.79 Å². The Kier molecular flexibility index (Phi) is 7.54. The number of hydrogen-bond acceptors (Lipinski definition) is 6. The van der Waals surface area contributed by atoms with Crippen molar-refractivity contribution in [2.24, 2.45) is 0 Å². The Bertz CT molecular complexity index is 1290. The first-order valence-corrected chi connectivity index (χ1v) is 12.1. The molecule has 1 aliphatic carbocycles. The van der Waals surface area contributed by atoms with Crippen molar-refractivity contribution in [1.29, 1.82) is 0 Å². The minimum Gasteiger partial charge on any atom is -0.482 e. The summed E-state index contributed by atoms with van der Waals surface area (Å²) in [5.41, 5.74) is 1.81. The van der Waals surface area contributed by atoms with Crippen molar-refractivity contribution in [3.05, 3.63) is 69.6 Å². The van der Waals surface area contributed by atoms with E-state index >= 15 is 0 Å². The summed E-state index contributed by atoms with van der Waals surface area (Å²) in [4.78, 5) is 37.3. The van der Waals surface area contributed by atoms with E-state index in [0.717, 1.165) is 31.2 Å². The van der Waals surface area contributed by atoms with Gasteiger partial charge in [-0.15, -0.1) is 0 Å². The fraction of sp³-hybridized carbons (Fsp3) is 0.393. The zero-order valence-corrected chi connectivity index (χ0v) is 20.4. The average molecular weight is 478 g/mol. The Balaban J connectivity index is 1.39. The number of rotatable bonds is 7. The van der Waals surface area contributed by atoms with E-state index in [2.05, 4.69) is 19.2 Å². The molecule has 4 rings (SSSR count). The number of benzene rings is 2. The molecule has 0 bridgehead atoms. The van der Waals surface area contributed by atoms with Crippen LogP contribution in [-0.4, -0.2) is 24.5 Å². The predicted octanol–water partition coefficient (Wildman–Crippen LogP) is 5.27. The van der Waals surface area contributed by atoms with E-state index in [1.165, 1.54) is 24.1 Å². The summed E-state index contributed by atoms with van der Waals surface area (Å²) in [6.45, 7) is 6.00. The second-order valence-electron chi connectivity index (χ2n) is 9.39. The maximum atomic E-state index is 12.6.